The minimum atomic E-state index is -0.755. The van der Waals surface area contributed by atoms with Gasteiger partial charge >= 0.3 is 0 Å². The zero-order valence-electron chi connectivity index (χ0n) is 22.8. The first kappa shape index (κ1) is 24.6. The van der Waals surface area contributed by atoms with Crippen molar-refractivity contribution in [2.24, 2.45) is 45.3 Å². The Morgan fingerprint density at radius 1 is 0.697 bits per heavy atom. The van der Waals surface area contributed by atoms with Gasteiger partial charge in [-0.3, -0.25) is 0 Å². The lowest BCUT2D eigenvalue weighted by Crippen LogP contribution is -2.64. The van der Waals surface area contributed by atoms with Crippen LogP contribution < -0.4 is 0 Å². The molecule has 3 heteroatoms. The summed E-state index contributed by atoms with van der Waals surface area (Å²) < 4.78 is 6.73. The van der Waals surface area contributed by atoms with Crippen LogP contribution >= 0.6 is 0 Å². The van der Waals surface area contributed by atoms with E-state index in [1.807, 2.05) is 13.8 Å². The molecule has 0 amide bonds. The van der Waals surface area contributed by atoms with Gasteiger partial charge in [-0.05, 0) is 130 Å². The van der Waals surface area contributed by atoms with Crippen LogP contribution in [0.5, 0.6) is 0 Å². The number of rotatable bonds is 2. The highest BCUT2D eigenvalue weighted by atomic mass is 16.5. The van der Waals surface area contributed by atoms with Crippen LogP contribution in [0, 0.1) is 45.3 Å². The molecular formula is C30H52O3. The van der Waals surface area contributed by atoms with Gasteiger partial charge in [0.2, 0.25) is 0 Å². The Balaban J connectivity index is 1.44. The Bertz CT molecular complexity index is 784. The average Bonchev–Trinajstić information content (AvgIpc) is 3.27. The fraction of sp³-hybridized carbons (Fsp3) is 1.00. The lowest BCUT2D eigenvalue weighted by atomic mass is 9.35. The van der Waals surface area contributed by atoms with Gasteiger partial charge in [-0.1, -0.05) is 34.6 Å². The Hall–Kier alpha value is -0.120. The van der Waals surface area contributed by atoms with Gasteiger partial charge in [0, 0.05) is 0 Å². The van der Waals surface area contributed by atoms with Gasteiger partial charge in [0.25, 0.3) is 0 Å². The van der Waals surface area contributed by atoms with Gasteiger partial charge < -0.3 is 14.9 Å². The Labute approximate surface area is 203 Å². The minimum Gasteiger partial charge on any atom is -0.393 e. The highest BCUT2D eigenvalue weighted by Gasteiger charge is 2.70. The van der Waals surface area contributed by atoms with Crippen molar-refractivity contribution in [2.75, 3.05) is 0 Å². The summed E-state index contributed by atoms with van der Waals surface area (Å²) in [5.41, 5.74) is 0.277. The van der Waals surface area contributed by atoms with E-state index in [1.165, 1.54) is 44.9 Å². The highest BCUT2D eigenvalue weighted by molar-refractivity contribution is 5.18. The van der Waals surface area contributed by atoms with E-state index >= 15 is 0 Å². The standard InChI is InChI=1S/C30H52O3/c1-25(2)21-12-17-29(7)22(27(21,5)15-13-23(25)31)10-9-19-20(11-16-28(19,29)6)30(8)18-14-24(33-30)26(3,4)32/h19-24,31-32H,9-18H2,1-8H3/t19?,20-,21?,22+,23+,24-,27-,28-,29+,30-/m0/s1. The number of fused-ring (bicyclic) bond motifs is 5. The third-order valence-electron chi connectivity index (χ3n) is 13.3. The van der Waals surface area contributed by atoms with E-state index in [2.05, 4.69) is 41.5 Å². The van der Waals surface area contributed by atoms with Crippen molar-refractivity contribution < 1.29 is 14.9 Å². The van der Waals surface area contributed by atoms with Crippen LogP contribution in [0.4, 0.5) is 0 Å². The SMILES string of the molecule is CC(C)(O)[C@@H]1CC[C@@](C)([C@H]2CC[C@@]3(C)C2CC[C@@H]2[C@@]4(C)CC[C@@H](O)C(C)(C)C4CC[C@]23C)O1. The van der Waals surface area contributed by atoms with Gasteiger partial charge in [-0.25, -0.2) is 0 Å². The van der Waals surface area contributed by atoms with Gasteiger partial charge in [0.1, 0.15) is 0 Å². The molecule has 5 fully saturated rings. The van der Waals surface area contributed by atoms with E-state index in [0.717, 1.165) is 31.1 Å². The average molecular weight is 461 g/mol. The fourth-order valence-electron chi connectivity index (χ4n) is 11.1. The molecule has 1 heterocycles. The van der Waals surface area contributed by atoms with Crippen LogP contribution in [-0.2, 0) is 4.74 Å². The quantitative estimate of drug-likeness (QED) is 0.480. The van der Waals surface area contributed by atoms with Crippen LogP contribution in [0.15, 0.2) is 0 Å². The van der Waals surface area contributed by atoms with E-state index in [0.29, 0.717) is 28.1 Å². The summed E-state index contributed by atoms with van der Waals surface area (Å²) >= 11 is 0. The minimum absolute atomic E-state index is 0.0293. The number of aliphatic hydroxyl groups excluding tert-OH is 1. The Morgan fingerprint density at radius 3 is 2.00 bits per heavy atom. The van der Waals surface area contributed by atoms with Crippen LogP contribution in [0.25, 0.3) is 0 Å². The van der Waals surface area contributed by atoms with Crippen LogP contribution in [0.3, 0.4) is 0 Å². The maximum atomic E-state index is 10.9. The van der Waals surface area contributed by atoms with Crippen molar-refractivity contribution >= 4 is 0 Å². The first-order valence-corrected chi connectivity index (χ1v) is 14.2. The molecule has 4 saturated carbocycles. The molecule has 190 valence electrons. The van der Waals surface area contributed by atoms with E-state index in [-0.39, 0.29) is 23.2 Å². The second kappa shape index (κ2) is 7.22. The second-order valence-electron chi connectivity index (χ2n) is 15.3. The number of aliphatic hydroxyl groups is 2. The fourth-order valence-corrected chi connectivity index (χ4v) is 11.1. The molecule has 1 aliphatic heterocycles. The van der Waals surface area contributed by atoms with Crippen molar-refractivity contribution in [1.29, 1.82) is 0 Å². The van der Waals surface area contributed by atoms with Crippen molar-refractivity contribution in [3.8, 4) is 0 Å². The summed E-state index contributed by atoms with van der Waals surface area (Å²) in [6.07, 6.45) is 11.9. The van der Waals surface area contributed by atoms with E-state index in [9.17, 15) is 10.2 Å². The molecule has 0 radical (unpaired) electrons. The molecule has 0 aromatic carbocycles. The summed E-state index contributed by atoms with van der Waals surface area (Å²) in [5.74, 6) is 2.73. The Morgan fingerprint density at radius 2 is 1.36 bits per heavy atom. The maximum absolute atomic E-state index is 10.9. The summed E-state index contributed by atoms with van der Waals surface area (Å²) in [4.78, 5) is 0. The lowest BCUT2D eigenvalue weighted by Gasteiger charge is -2.70. The molecule has 10 atom stereocenters. The smallest absolute Gasteiger partial charge is 0.0865 e. The largest absolute Gasteiger partial charge is 0.393 e. The first-order valence-electron chi connectivity index (χ1n) is 14.2. The zero-order valence-corrected chi connectivity index (χ0v) is 22.8. The monoisotopic (exact) mass is 460 g/mol. The molecular weight excluding hydrogens is 408 g/mol. The molecule has 2 N–H and O–H groups in total. The molecule has 0 spiro atoms. The summed E-state index contributed by atoms with van der Waals surface area (Å²) in [6, 6.07) is 0. The van der Waals surface area contributed by atoms with Crippen molar-refractivity contribution in [3.63, 3.8) is 0 Å². The highest BCUT2D eigenvalue weighted by Crippen LogP contribution is 2.76. The van der Waals surface area contributed by atoms with Crippen LogP contribution in [0.1, 0.15) is 120 Å². The molecule has 5 aliphatic rings. The normalized spacial score (nSPS) is 56.2. The third-order valence-corrected chi connectivity index (χ3v) is 13.3. The molecule has 3 nitrogen and oxygen atoms in total. The predicted molar refractivity (Wildman–Crippen MR) is 134 cm³/mol. The van der Waals surface area contributed by atoms with Crippen LogP contribution in [-0.4, -0.2) is 33.6 Å². The van der Waals surface area contributed by atoms with Gasteiger partial charge in [0.05, 0.1) is 23.4 Å². The van der Waals surface area contributed by atoms with Crippen molar-refractivity contribution in [1.82, 2.24) is 0 Å². The molecule has 5 rings (SSSR count). The van der Waals surface area contributed by atoms with Crippen molar-refractivity contribution in [3.05, 3.63) is 0 Å². The number of hydrogen-bond acceptors (Lipinski definition) is 3. The summed E-state index contributed by atoms with van der Waals surface area (Å²) in [5, 5.41) is 21.5. The summed E-state index contributed by atoms with van der Waals surface area (Å²) in [6.45, 7) is 18.8. The zero-order chi connectivity index (χ0) is 24.2. The molecule has 2 unspecified atom stereocenters. The molecule has 0 bridgehead atoms. The molecule has 33 heavy (non-hydrogen) atoms. The third kappa shape index (κ3) is 3.16. The number of ether oxygens (including phenoxy) is 1. The van der Waals surface area contributed by atoms with E-state index < -0.39 is 5.60 Å². The molecule has 1 saturated heterocycles. The van der Waals surface area contributed by atoms with Gasteiger partial charge in [-0.2, -0.15) is 0 Å². The Kier molecular flexibility index (Phi) is 5.38. The maximum Gasteiger partial charge on any atom is 0.0865 e. The number of hydrogen-bond donors (Lipinski definition) is 2. The molecule has 0 aromatic heterocycles. The van der Waals surface area contributed by atoms with E-state index in [1.54, 1.807) is 0 Å². The molecule has 4 aliphatic carbocycles. The molecule has 0 aromatic rings. The lowest BCUT2D eigenvalue weighted by molar-refractivity contribution is -0.227. The van der Waals surface area contributed by atoms with Crippen LogP contribution in [0.2, 0.25) is 0 Å². The predicted octanol–water partition coefficient (Wildman–Crippen LogP) is 6.74. The van der Waals surface area contributed by atoms with Gasteiger partial charge in [-0.15, -0.1) is 0 Å². The second-order valence-corrected chi connectivity index (χ2v) is 15.3. The van der Waals surface area contributed by atoms with Gasteiger partial charge in [0.15, 0.2) is 0 Å². The first-order chi connectivity index (χ1) is 15.1. The summed E-state index contributed by atoms with van der Waals surface area (Å²) in [7, 11) is 0. The van der Waals surface area contributed by atoms with E-state index in [4.69, 9.17) is 4.74 Å². The van der Waals surface area contributed by atoms with Crippen molar-refractivity contribution in [2.45, 2.75) is 143 Å². The topological polar surface area (TPSA) is 49.7 Å².